The highest BCUT2D eigenvalue weighted by molar-refractivity contribution is 5.94. The molecule has 2 aromatic rings. The highest BCUT2D eigenvalue weighted by Gasteiger charge is 2.38. The highest BCUT2D eigenvalue weighted by atomic mass is 16.6. The van der Waals surface area contributed by atoms with E-state index in [1.54, 1.807) is 24.3 Å². The zero-order valence-electron chi connectivity index (χ0n) is 16.7. The minimum absolute atomic E-state index is 0.295. The van der Waals surface area contributed by atoms with E-state index in [4.69, 9.17) is 9.47 Å². The van der Waals surface area contributed by atoms with Crippen molar-refractivity contribution in [3.8, 4) is 5.75 Å². The predicted octanol–water partition coefficient (Wildman–Crippen LogP) is 3.30. The van der Waals surface area contributed by atoms with Crippen molar-refractivity contribution in [2.75, 3.05) is 25.2 Å². The van der Waals surface area contributed by atoms with E-state index in [-0.39, 0.29) is 24.4 Å². The van der Waals surface area contributed by atoms with Crippen LogP contribution in [0.15, 0.2) is 60.3 Å². The summed E-state index contributed by atoms with van der Waals surface area (Å²) in [4.78, 5) is 36.9. The van der Waals surface area contributed by atoms with Crippen molar-refractivity contribution >= 4 is 23.7 Å². The number of allylic oxidation sites excluding steroid dienone is 1. The Morgan fingerprint density at radius 1 is 1.03 bits per heavy atom. The Morgan fingerprint density at radius 3 is 2.38 bits per heavy atom. The third-order valence-corrected chi connectivity index (χ3v) is 4.99. The first-order valence-corrected chi connectivity index (χ1v) is 9.25. The first-order chi connectivity index (χ1) is 13.8. The summed E-state index contributed by atoms with van der Waals surface area (Å²) < 4.78 is 10.3. The molecule has 0 atom stereocenters. The molecule has 2 aromatic carbocycles. The summed E-state index contributed by atoms with van der Waals surface area (Å²) in [6.45, 7) is 3.45. The monoisotopic (exact) mass is 393 g/mol. The Bertz CT molecular complexity index is 959. The zero-order valence-corrected chi connectivity index (χ0v) is 16.7. The van der Waals surface area contributed by atoms with E-state index >= 15 is 0 Å². The van der Waals surface area contributed by atoms with Gasteiger partial charge in [0.2, 0.25) is 0 Å². The predicted molar refractivity (Wildman–Crippen MR) is 109 cm³/mol. The molecule has 0 bridgehead atoms. The lowest BCUT2D eigenvalue weighted by atomic mass is 9.83. The fourth-order valence-corrected chi connectivity index (χ4v) is 3.43. The first kappa shape index (κ1) is 20.3. The number of benzene rings is 2. The summed E-state index contributed by atoms with van der Waals surface area (Å²) in [6, 6.07) is 14.3. The number of esters is 1. The van der Waals surface area contributed by atoms with Gasteiger partial charge < -0.3 is 14.4 Å². The molecule has 0 aromatic heterocycles. The molecule has 0 spiro atoms. The number of anilines is 1. The molecule has 0 radical (unpaired) electrons. The van der Waals surface area contributed by atoms with E-state index < -0.39 is 5.97 Å². The molecule has 3 rings (SSSR count). The number of nitrogens with zero attached hydrogens (tertiary/aromatic N) is 1. The van der Waals surface area contributed by atoms with Gasteiger partial charge >= 0.3 is 5.97 Å². The normalized spacial score (nSPS) is 15.7. The van der Waals surface area contributed by atoms with Crippen LogP contribution in [0.1, 0.15) is 29.8 Å². The molecule has 0 saturated heterocycles. The second kappa shape index (κ2) is 8.31. The third-order valence-electron chi connectivity index (χ3n) is 4.99. The van der Waals surface area contributed by atoms with Crippen molar-refractivity contribution in [2.24, 2.45) is 0 Å². The molecule has 1 aliphatic heterocycles. The average Bonchev–Trinajstić information content (AvgIpc) is 2.92. The number of para-hydroxylation sites is 1. The van der Waals surface area contributed by atoms with Gasteiger partial charge in [0.1, 0.15) is 12.0 Å². The van der Waals surface area contributed by atoms with E-state index in [1.165, 1.54) is 6.08 Å². The second-order valence-corrected chi connectivity index (χ2v) is 7.33. The number of likely N-dealkylation sites (N-methyl/N-ethyl adjacent to an activating group) is 1. The van der Waals surface area contributed by atoms with Gasteiger partial charge in [-0.3, -0.25) is 9.59 Å². The quantitative estimate of drug-likeness (QED) is 0.408. The van der Waals surface area contributed by atoms with E-state index in [0.717, 1.165) is 23.2 Å². The number of hydrogen-bond donors (Lipinski definition) is 0. The van der Waals surface area contributed by atoms with Crippen molar-refractivity contribution < 1.29 is 23.9 Å². The molecule has 0 N–H and O–H groups in total. The molecule has 1 heterocycles. The fraction of sp³-hybridized carbons (Fsp3) is 0.261. The topological polar surface area (TPSA) is 72.9 Å². The van der Waals surface area contributed by atoms with Gasteiger partial charge in [-0.2, -0.15) is 0 Å². The van der Waals surface area contributed by atoms with Crippen molar-refractivity contribution in [1.82, 2.24) is 0 Å². The first-order valence-electron chi connectivity index (χ1n) is 9.25. The summed E-state index contributed by atoms with van der Waals surface area (Å²) >= 11 is 0. The smallest absolute Gasteiger partial charge is 0.344 e. The molecule has 0 fully saturated rings. The minimum Gasteiger partial charge on any atom is -0.482 e. The molecule has 0 saturated carbocycles. The van der Waals surface area contributed by atoms with Gasteiger partial charge in [0.15, 0.2) is 19.0 Å². The summed E-state index contributed by atoms with van der Waals surface area (Å²) in [7, 11) is 1.92. The number of fused-ring (bicyclic) bond motifs is 1. The van der Waals surface area contributed by atoms with Crippen LogP contribution in [0, 0.1) is 0 Å². The van der Waals surface area contributed by atoms with Crippen LogP contribution >= 0.6 is 0 Å². The van der Waals surface area contributed by atoms with Crippen LogP contribution < -0.4 is 9.64 Å². The van der Waals surface area contributed by atoms with Gasteiger partial charge in [-0.1, -0.05) is 32.0 Å². The number of hydrogen-bond acceptors (Lipinski definition) is 6. The van der Waals surface area contributed by atoms with Gasteiger partial charge in [-0.05, 0) is 35.9 Å². The minimum atomic E-state index is -0.640. The van der Waals surface area contributed by atoms with Crippen LogP contribution in [0.5, 0.6) is 5.75 Å². The number of ketones is 1. The molecular weight excluding hydrogens is 370 g/mol. The number of carbonyl (C=O) groups excluding carboxylic acids is 3. The molecule has 0 aliphatic carbocycles. The van der Waals surface area contributed by atoms with Gasteiger partial charge in [0.05, 0.1) is 0 Å². The van der Waals surface area contributed by atoms with Crippen LogP contribution in [0.25, 0.3) is 0 Å². The molecule has 6 heteroatoms. The lowest BCUT2D eigenvalue weighted by Gasteiger charge is -2.23. The van der Waals surface area contributed by atoms with Gasteiger partial charge in [0, 0.05) is 35.5 Å². The highest BCUT2D eigenvalue weighted by Crippen LogP contribution is 2.46. The van der Waals surface area contributed by atoms with Crippen molar-refractivity contribution in [2.45, 2.75) is 19.3 Å². The summed E-state index contributed by atoms with van der Waals surface area (Å²) in [5, 5.41) is 0. The summed E-state index contributed by atoms with van der Waals surface area (Å²) in [6.07, 6.45) is 2.26. The maximum absolute atomic E-state index is 12.4. The number of aldehydes is 1. The van der Waals surface area contributed by atoms with E-state index in [9.17, 15) is 14.4 Å². The SMILES string of the molecule is CN1C(=CC(=O)COC(=O)COc2ccc(C=O)cc2)C(C)(C)c2ccccc21. The molecule has 6 nitrogen and oxygen atoms in total. The lowest BCUT2D eigenvalue weighted by molar-refractivity contribution is -0.148. The van der Waals surface area contributed by atoms with Gasteiger partial charge in [-0.25, -0.2) is 4.79 Å². The maximum atomic E-state index is 12.4. The number of rotatable bonds is 7. The van der Waals surface area contributed by atoms with Crippen LogP contribution in [0.3, 0.4) is 0 Å². The van der Waals surface area contributed by atoms with E-state index in [2.05, 4.69) is 19.9 Å². The number of carbonyl (C=O) groups is 3. The Kier molecular flexibility index (Phi) is 5.82. The molecular formula is C23H23NO5. The zero-order chi connectivity index (χ0) is 21.0. The maximum Gasteiger partial charge on any atom is 0.344 e. The van der Waals surface area contributed by atoms with Crippen molar-refractivity contribution in [3.05, 3.63) is 71.4 Å². The third kappa shape index (κ3) is 4.37. The van der Waals surface area contributed by atoms with Gasteiger partial charge in [-0.15, -0.1) is 0 Å². The number of ether oxygens (including phenoxy) is 2. The van der Waals surface area contributed by atoms with Crippen LogP contribution in [-0.2, 0) is 19.7 Å². The Balaban J connectivity index is 1.55. The van der Waals surface area contributed by atoms with Crippen molar-refractivity contribution in [3.63, 3.8) is 0 Å². The Morgan fingerprint density at radius 2 is 1.72 bits per heavy atom. The van der Waals surface area contributed by atoms with E-state index in [0.29, 0.717) is 11.3 Å². The summed E-state index contributed by atoms with van der Waals surface area (Å²) in [5.74, 6) is -0.497. The lowest BCUT2D eigenvalue weighted by Crippen LogP contribution is -2.25. The Labute approximate surface area is 169 Å². The molecule has 1 aliphatic rings. The average molecular weight is 393 g/mol. The second-order valence-electron chi connectivity index (χ2n) is 7.33. The summed E-state index contributed by atoms with van der Waals surface area (Å²) in [5.41, 5.74) is 3.25. The fourth-order valence-electron chi connectivity index (χ4n) is 3.43. The molecule has 0 unspecified atom stereocenters. The molecule has 150 valence electrons. The largest absolute Gasteiger partial charge is 0.482 e. The van der Waals surface area contributed by atoms with Crippen LogP contribution in [0.4, 0.5) is 5.69 Å². The Hall–Kier alpha value is -3.41. The standard InChI is InChI=1S/C23H23NO5/c1-23(2)19-6-4-5-7-20(19)24(3)21(23)12-17(26)14-29-22(27)15-28-18-10-8-16(13-25)9-11-18/h4-13H,14-15H2,1-3H3. The van der Waals surface area contributed by atoms with Crippen LogP contribution in [0.2, 0.25) is 0 Å². The van der Waals surface area contributed by atoms with Gasteiger partial charge in [0.25, 0.3) is 0 Å². The van der Waals surface area contributed by atoms with Crippen molar-refractivity contribution in [1.29, 1.82) is 0 Å². The molecule has 0 amide bonds. The van der Waals surface area contributed by atoms with Crippen LogP contribution in [-0.4, -0.2) is 38.3 Å². The van der Waals surface area contributed by atoms with E-state index in [1.807, 2.05) is 30.1 Å². The molecule has 29 heavy (non-hydrogen) atoms.